The molecule has 2 N–H and O–H groups in total. The fourth-order valence-electron chi connectivity index (χ4n) is 4.17. The van der Waals surface area contributed by atoms with Gasteiger partial charge in [-0.05, 0) is 44.9 Å². The largest absolute Gasteiger partial charge is 0.483 e. The van der Waals surface area contributed by atoms with Crippen LogP contribution in [0.3, 0.4) is 0 Å². The summed E-state index contributed by atoms with van der Waals surface area (Å²) < 4.78 is 36.8. The number of hydrogen-bond donors (Lipinski definition) is 2. The smallest absolute Gasteiger partial charge is 0.277 e. The third kappa shape index (κ3) is 4.44. The Kier molecular flexibility index (Phi) is 5.68. The van der Waals surface area contributed by atoms with Gasteiger partial charge in [-0.3, -0.25) is 9.52 Å². The second-order valence-electron chi connectivity index (χ2n) is 9.31. The number of nitrogens with zero attached hydrogens (tertiary/aromatic N) is 3. The molecule has 0 bridgehead atoms. The molecule has 0 amide bonds. The number of pyridine rings is 1. The monoisotopic (exact) mass is 473 g/mol. The van der Waals surface area contributed by atoms with Crippen molar-refractivity contribution >= 4 is 32.4 Å². The van der Waals surface area contributed by atoms with E-state index in [4.69, 9.17) is 4.74 Å². The second kappa shape index (κ2) is 8.09. The first-order chi connectivity index (χ1) is 15.4. The van der Waals surface area contributed by atoms with Crippen LogP contribution in [0.2, 0.25) is 0 Å². The van der Waals surface area contributed by atoms with E-state index < -0.39 is 15.6 Å². The van der Waals surface area contributed by atoms with Crippen LogP contribution in [0.15, 0.2) is 23.1 Å². The van der Waals surface area contributed by atoms with Crippen molar-refractivity contribution in [3.63, 3.8) is 0 Å². The molecule has 0 spiro atoms. The summed E-state index contributed by atoms with van der Waals surface area (Å²) in [6.45, 7) is 9.22. The van der Waals surface area contributed by atoms with E-state index in [1.54, 1.807) is 19.3 Å². The number of anilines is 2. The van der Waals surface area contributed by atoms with Gasteiger partial charge in [-0.1, -0.05) is 13.3 Å². The van der Waals surface area contributed by atoms with E-state index in [2.05, 4.69) is 26.5 Å². The van der Waals surface area contributed by atoms with Crippen molar-refractivity contribution in [1.82, 2.24) is 14.1 Å². The zero-order valence-electron chi connectivity index (χ0n) is 19.9. The predicted octanol–water partition coefficient (Wildman–Crippen LogP) is 3.46. The van der Waals surface area contributed by atoms with Crippen molar-refractivity contribution in [2.45, 2.75) is 52.7 Å². The Labute approximate surface area is 193 Å². The van der Waals surface area contributed by atoms with Gasteiger partial charge in [-0.2, -0.15) is 0 Å². The molecule has 9 nitrogen and oxygen atoms in total. The van der Waals surface area contributed by atoms with Crippen molar-refractivity contribution in [1.29, 1.82) is 0 Å². The molecule has 0 atom stereocenters. The van der Waals surface area contributed by atoms with E-state index in [1.807, 2.05) is 26.8 Å². The molecular formula is C23H31N5O4S. The van der Waals surface area contributed by atoms with E-state index in [1.165, 1.54) is 4.57 Å². The molecule has 0 unspecified atom stereocenters. The summed E-state index contributed by atoms with van der Waals surface area (Å²) in [7, 11) is -1.85. The molecule has 33 heavy (non-hydrogen) atoms. The number of unbranched alkanes of at least 4 members (excludes halogenated alkanes) is 1. The third-order valence-electron chi connectivity index (χ3n) is 5.78. The Bertz CT molecular complexity index is 1400. The van der Waals surface area contributed by atoms with Gasteiger partial charge in [0.1, 0.15) is 22.6 Å². The molecule has 2 aromatic heterocycles. The second-order valence-corrected chi connectivity index (χ2v) is 11.1. The molecule has 1 aliphatic rings. The van der Waals surface area contributed by atoms with Crippen LogP contribution in [-0.4, -0.2) is 40.9 Å². The molecule has 0 radical (unpaired) electrons. The van der Waals surface area contributed by atoms with Crippen LogP contribution >= 0.6 is 0 Å². The average molecular weight is 474 g/mol. The minimum absolute atomic E-state index is 0.177. The van der Waals surface area contributed by atoms with Crippen LogP contribution in [0.1, 0.15) is 39.4 Å². The lowest BCUT2D eigenvalue weighted by Crippen LogP contribution is -2.42. The van der Waals surface area contributed by atoms with Crippen LogP contribution in [-0.2, 0) is 23.6 Å². The lowest BCUT2D eigenvalue weighted by molar-refractivity contribution is 0.116. The molecule has 178 valence electrons. The Hall–Kier alpha value is -3.01. The van der Waals surface area contributed by atoms with Crippen molar-refractivity contribution in [3.05, 3.63) is 34.5 Å². The number of aryl methyl sites for hydroxylation is 3. The van der Waals surface area contributed by atoms with Gasteiger partial charge < -0.3 is 19.2 Å². The molecule has 3 aromatic rings. The average Bonchev–Trinajstić information content (AvgIpc) is 3.02. The molecule has 0 aliphatic carbocycles. The van der Waals surface area contributed by atoms with Gasteiger partial charge in [-0.15, -0.1) is 0 Å². The minimum atomic E-state index is -3.54. The summed E-state index contributed by atoms with van der Waals surface area (Å²) >= 11 is 0. The Morgan fingerprint density at radius 1 is 1.30 bits per heavy atom. The van der Waals surface area contributed by atoms with Gasteiger partial charge in [0.2, 0.25) is 10.0 Å². The number of fused-ring (bicyclic) bond motifs is 2. The van der Waals surface area contributed by atoms with Crippen molar-refractivity contribution in [3.8, 4) is 16.9 Å². The van der Waals surface area contributed by atoms with E-state index >= 15 is 0 Å². The molecule has 4 rings (SSSR count). The van der Waals surface area contributed by atoms with Crippen LogP contribution < -0.4 is 20.3 Å². The molecule has 0 saturated heterocycles. The summed E-state index contributed by atoms with van der Waals surface area (Å²) in [6.07, 6.45) is 4.85. The van der Waals surface area contributed by atoms with E-state index in [0.29, 0.717) is 34.7 Å². The first-order valence-corrected chi connectivity index (χ1v) is 12.9. The van der Waals surface area contributed by atoms with Gasteiger partial charge in [0.25, 0.3) is 5.56 Å². The number of sulfonamides is 1. The van der Waals surface area contributed by atoms with Crippen LogP contribution in [0, 0.1) is 6.92 Å². The predicted molar refractivity (Wildman–Crippen MR) is 132 cm³/mol. The molecule has 3 heterocycles. The van der Waals surface area contributed by atoms with E-state index in [-0.39, 0.29) is 5.56 Å². The quantitative estimate of drug-likeness (QED) is 0.568. The van der Waals surface area contributed by atoms with Gasteiger partial charge in [0, 0.05) is 25.4 Å². The number of hydrogen-bond acceptors (Lipinski definition) is 6. The number of nitrogens with one attached hydrogen (secondary N) is 2. The molecular weight excluding hydrogens is 442 g/mol. The number of benzene rings is 1. The minimum Gasteiger partial charge on any atom is -0.483 e. The van der Waals surface area contributed by atoms with Gasteiger partial charge in [-0.25, -0.2) is 13.4 Å². The highest BCUT2D eigenvalue weighted by Gasteiger charge is 2.31. The lowest BCUT2D eigenvalue weighted by atomic mass is 10.0. The Morgan fingerprint density at radius 3 is 2.70 bits per heavy atom. The Morgan fingerprint density at radius 2 is 2.03 bits per heavy atom. The van der Waals surface area contributed by atoms with Crippen LogP contribution in [0.5, 0.6) is 5.75 Å². The van der Waals surface area contributed by atoms with Gasteiger partial charge in [0.15, 0.2) is 5.75 Å². The highest BCUT2D eigenvalue weighted by molar-refractivity contribution is 7.92. The summed E-state index contributed by atoms with van der Waals surface area (Å²) in [5.41, 5.74) is 2.97. The van der Waals surface area contributed by atoms with Gasteiger partial charge >= 0.3 is 0 Å². The van der Waals surface area contributed by atoms with Crippen molar-refractivity contribution < 1.29 is 13.2 Å². The topological polar surface area (TPSA) is 107 Å². The zero-order valence-corrected chi connectivity index (χ0v) is 20.8. The molecule has 1 aliphatic heterocycles. The number of aromatic nitrogens is 3. The standard InChI is InChI=1S/C23H31N5O4S/c1-7-8-9-28-14(2)25-19-17(26-33(6,30)31)10-15(11-18(19)28)16-12-27(5)22(29)20-21(16)32-23(3,4)13-24-20/h10-12,24,26H,7-9,13H2,1-6H3. The number of imidazole rings is 1. The van der Waals surface area contributed by atoms with E-state index in [0.717, 1.165) is 42.5 Å². The first kappa shape index (κ1) is 23.2. The fourth-order valence-corrected chi connectivity index (χ4v) is 4.73. The summed E-state index contributed by atoms with van der Waals surface area (Å²) in [6, 6.07) is 3.74. The SMILES string of the molecule is CCCCn1c(C)nc2c(NS(C)(=O)=O)cc(-c3cn(C)c(=O)c4c3OC(C)(C)CN4)cc21. The van der Waals surface area contributed by atoms with Crippen LogP contribution in [0.4, 0.5) is 11.4 Å². The number of ether oxygens (including phenoxy) is 1. The maximum Gasteiger partial charge on any atom is 0.277 e. The van der Waals surface area contributed by atoms with Crippen molar-refractivity contribution in [2.75, 3.05) is 22.8 Å². The highest BCUT2D eigenvalue weighted by atomic mass is 32.2. The molecule has 10 heteroatoms. The van der Waals surface area contributed by atoms with Gasteiger partial charge in [0.05, 0.1) is 24.0 Å². The molecule has 0 saturated carbocycles. The normalized spacial score (nSPS) is 15.1. The molecule has 0 fully saturated rings. The third-order valence-corrected chi connectivity index (χ3v) is 6.38. The highest BCUT2D eigenvalue weighted by Crippen LogP contribution is 2.41. The lowest BCUT2D eigenvalue weighted by Gasteiger charge is -2.34. The Balaban J connectivity index is 2.02. The first-order valence-electron chi connectivity index (χ1n) is 11.1. The maximum absolute atomic E-state index is 12.8. The summed E-state index contributed by atoms with van der Waals surface area (Å²) in [5.74, 6) is 1.28. The zero-order chi connectivity index (χ0) is 24.1. The summed E-state index contributed by atoms with van der Waals surface area (Å²) in [4.78, 5) is 17.4. The molecule has 1 aromatic carbocycles. The fraction of sp³-hybridized carbons (Fsp3) is 0.478. The number of rotatable bonds is 6. The maximum atomic E-state index is 12.8. The van der Waals surface area contributed by atoms with Crippen molar-refractivity contribution in [2.24, 2.45) is 7.05 Å². The van der Waals surface area contributed by atoms with E-state index in [9.17, 15) is 13.2 Å². The summed E-state index contributed by atoms with van der Waals surface area (Å²) in [5, 5.41) is 3.22. The van der Waals surface area contributed by atoms with Crippen LogP contribution in [0.25, 0.3) is 22.2 Å².